The number of benzene rings is 2. The maximum Gasteiger partial charge on any atom is 0.306 e. The normalized spacial score (nSPS) is 14.0. The van der Waals surface area contributed by atoms with Crippen molar-refractivity contribution >= 4 is 21.6 Å². The van der Waals surface area contributed by atoms with E-state index in [1.54, 1.807) is 13.1 Å². The van der Waals surface area contributed by atoms with Crippen LogP contribution in [-0.4, -0.2) is 36.0 Å². The molecule has 0 amide bonds. The lowest BCUT2D eigenvalue weighted by Gasteiger charge is -2.09. The lowest BCUT2D eigenvalue weighted by Crippen LogP contribution is -2.12. The number of hydrogen-bond donors (Lipinski definition) is 2. The topological polar surface area (TPSA) is 96.4 Å². The molecule has 0 spiro atoms. The predicted molar refractivity (Wildman–Crippen MR) is 132 cm³/mol. The highest BCUT2D eigenvalue weighted by Gasteiger charge is 2.31. The Morgan fingerprint density at radius 3 is 2.30 bits per heavy atom. The molecule has 1 atom stereocenters. The Labute approximate surface area is 195 Å². The summed E-state index contributed by atoms with van der Waals surface area (Å²) in [6, 6.07) is 22.3. The van der Waals surface area contributed by atoms with Gasteiger partial charge in [-0.25, -0.2) is 13.4 Å². The molecule has 1 aliphatic carbocycles. The first-order valence-corrected chi connectivity index (χ1v) is 12.9. The summed E-state index contributed by atoms with van der Waals surface area (Å²) in [6.45, 7) is 2.44. The molecular weight excluding hydrogens is 436 g/mol. The standard InChI is InChI=1S/C22H22N2O2.C4H8O2S/c1-16(22(25)26)13-17-8-10-19(11-9-17)20-6-4-5-18(14-20)15-24-21-7-2-3-12-23-21;1-7(5,6)4-2-3-4/h2-12,14,16H,13,15H2,1H3,(H,23,24)(H,25,26);4H,2-3H2,1H3. The van der Waals surface area contributed by atoms with Crippen LogP contribution in [0.3, 0.4) is 0 Å². The summed E-state index contributed by atoms with van der Waals surface area (Å²) in [5.74, 6) is -0.279. The minimum absolute atomic E-state index is 0.0208. The van der Waals surface area contributed by atoms with Gasteiger partial charge >= 0.3 is 5.97 Å². The first-order valence-electron chi connectivity index (χ1n) is 11.0. The second-order valence-electron chi connectivity index (χ2n) is 8.44. The molecule has 2 N–H and O–H groups in total. The third-order valence-electron chi connectivity index (χ3n) is 5.45. The van der Waals surface area contributed by atoms with E-state index in [9.17, 15) is 13.2 Å². The molecule has 33 heavy (non-hydrogen) atoms. The average molecular weight is 467 g/mol. The lowest BCUT2D eigenvalue weighted by molar-refractivity contribution is -0.141. The predicted octanol–water partition coefficient (Wildman–Crippen LogP) is 4.82. The second kappa shape index (κ2) is 11.1. The summed E-state index contributed by atoms with van der Waals surface area (Å²) in [5.41, 5.74) is 4.48. The van der Waals surface area contributed by atoms with Crippen molar-refractivity contribution in [3.05, 3.63) is 84.1 Å². The molecule has 1 fully saturated rings. The van der Waals surface area contributed by atoms with Gasteiger partial charge in [-0.05, 0) is 59.7 Å². The number of anilines is 1. The summed E-state index contributed by atoms with van der Waals surface area (Å²) >= 11 is 0. The van der Waals surface area contributed by atoms with Gasteiger partial charge < -0.3 is 10.4 Å². The molecular formula is C26H30N2O4S. The molecule has 7 heteroatoms. The second-order valence-corrected chi connectivity index (χ2v) is 10.8. The zero-order valence-electron chi connectivity index (χ0n) is 18.9. The Hall–Kier alpha value is -3.19. The van der Waals surface area contributed by atoms with Crippen molar-refractivity contribution < 1.29 is 18.3 Å². The van der Waals surface area contributed by atoms with Gasteiger partial charge in [0.15, 0.2) is 0 Å². The van der Waals surface area contributed by atoms with E-state index in [1.807, 2.05) is 36.4 Å². The van der Waals surface area contributed by atoms with E-state index in [1.165, 1.54) is 11.8 Å². The number of carboxylic acids is 1. The molecule has 2 aromatic carbocycles. The first kappa shape index (κ1) is 24.5. The van der Waals surface area contributed by atoms with Crippen molar-refractivity contribution in [1.82, 2.24) is 4.98 Å². The number of aliphatic carboxylic acids is 1. The minimum Gasteiger partial charge on any atom is -0.481 e. The number of rotatable bonds is 8. The van der Waals surface area contributed by atoms with Crippen LogP contribution in [0, 0.1) is 5.92 Å². The summed E-state index contributed by atoms with van der Waals surface area (Å²) in [5, 5.41) is 12.4. The number of pyridine rings is 1. The SMILES string of the molecule is CC(Cc1ccc(-c2cccc(CNc3ccccn3)c2)cc1)C(=O)O.CS(=O)(=O)C1CC1. The fraction of sp³-hybridized carbons (Fsp3) is 0.308. The third-order valence-corrected chi connectivity index (χ3v) is 7.13. The Balaban J connectivity index is 0.000000374. The van der Waals surface area contributed by atoms with E-state index >= 15 is 0 Å². The maximum atomic E-state index is 11.0. The molecule has 1 aliphatic rings. The van der Waals surface area contributed by atoms with E-state index in [4.69, 9.17) is 5.11 Å². The monoisotopic (exact) mass is 466 g/mol. The van der Waals surface area contributed by atoms with Crippen LogP contribution in [-0.2, 0) is 27.6 Å². The first-order chi connectivity index (χ1) is 15.7. The Bertz CT molecular complexity index is 1160. The van der Waals surface area contributed by atoms with Crippen molar-refractivity contribution in [3.63, 3.8) is 0 Å². The molecule has 0 radical (unpaired) electrons. The zero-order valence-corrected chi connectivity index (χ0v) is 19.8. The van der Waals surface area contributed by atoms with Crippen LogP contribution in [0.1, 0.15) is 30.9 Å². The molecule has 174 valence electrons. The van der Waals surface area contributed by atoms with Crippen LogP contribution >= 0.6 is 0 Å². The van der Waals surface area contributed by atoms with Crippen LogP contribution < -0.4 is 5.32 Å². The van der Waals surface area contributed by atoms with E-state index in [2.05, 4.69) is 40.6 Å². The van der Waals surface area contributed by atoms with Gasteiger partial charge in [0.1, 0.15) is 15.7 Å². The van der Waals surface area contributed by atoms with Gasteiger partial charge in [-0.15, -0.1) is 0 Å². The van der Waals surface area contributed by atoms with Crippen LogP contribution in [0.4, 0.5) is 5.82 Å². The van der Waals surface area contributed by atoms with E-state index < -0.39 is 15.8 Å². The van der Waals surface area contributed by atoms with Crippen molar-refractivity contribution in [2.75, 3.05) is 11.6 Å². The number of hydrogen-bond acceptors (Lipinski definition) is 5. The van der Waals surface area contributed by atoms with E-state index in [0.29, 0.717) is 13.0 Å². The maximum absolute atomic E-state index is 11.0. The van der Waals surface area contributed by atoms with Crippen LogP contribution in [0.2, 0.25) is 0 Å². The smallest absolute Gasteiger partial charge is 0.306 e. The zero-order chi connectivity index (χ0) is 23.8. The minimum atomic E-state index is -2.63. The number of carbonyl (C=O) groups is 1. The van der Waals surface area contributed by atoms with Crippen LogP contribution in [0.15, 0.2) is 72.9 Å². The van der Waals surface area contributed by atoms with Gasteiger partial charge in [-0.1, -0.05) is 55.5 Å². The highest BCUT2D eigenvalue weighted by Crippen LogP contribution is 2.27. The largest absolute Gasteiger partial charge is 0.481 e. The average Bonchev–Trinajstić information content (AvgIpc) is 3.65. The molecule has 0 aliphatic heterocycles. The van der Waals surface area contributed by atoms with Gasteiger partial charge in [0.2, 0.25) is 0 Å². The van der Waals surface area contributed by atoms with Gasteiger partial charge in [0.25, 0.3) is 0 Å². The Morgan fingerprint density at radius 2 is 1.76 bits per heavy atom. The summed E-state index contributed by atoms with van der Waals surface area (Å²) in [4.78, 5) is 15.3. The van der Waals surface area contributed by atoms with Gasteiger partial charge in [0.05, 0.1) is 11.2 Å². The highest BCUT2D eigenvalue weighted by molar-refractivity contribution is 7.91. The van der Waals surface area contributed by atoms with E-state index in [0.717, 1.165) is 35.3 Å². The quantitative estimate of drug-likeness (QED) is 0.494. The molecule has 1 aromatic heterocycles. The lowest BCUT2D eigenvalue weighted by atomic mass is 9.97. The number of sulfone groups is 1. The third kappa shape index (κ3) is 8.02. The van der Waals surface area contributed by atoms with Crippen molar-refractivity contribution in [2.45, 2.75) is 38.0 Å². The molecule has 6 nitrogen and oxygen atoms in total. The number of carboxylic acid groups (broad SMARTS) is 1. The van der Waals surface area contributed by atoms with Gasteiger partial charge in [0, 0.05) is 19.0 Å². The Kier molecular flexibility index (Phi) is 8.22. The Morgan fingerprint density at radius 1 is 1.03 bits per heavy atom. The fourth-order valence-corrected chi connectivity index (χ4v) is 4.28. The van der Waals surface area contributed by atoms with E-state index in [-0.39, 0.29) is 11.2 Å². The number of nitrogens with zero attached hydrogens (tertiary/aromatic N) is 1. The van der Waals surface area contributed by atoms with Crippen LogP contribution in [0.25, 0.3) is 11.1 Å². The number of aromatic nitrogens is 1. The molecule has 4 rings (SSSR count). The van der Waals surface area contributed by atoms with Crippen molar-refractivity contribution in [3.8, 4) is 11.1 Å². The summed E-state index contributed by atoms with van der Waals surface area (Å²) in [6.07, 6.45) is 5.39. The van der Waals surface area contributed by atoms with Crippen molar-refractivity contribution in [1.29, 1.82) is 0 Å². The van der Waals surface area contributed by atoms with Crippen molar-refractivity contribution in [2.24, 2.45) is 5.92 Å². The molecule has 0 bridgehead atoms. The molecule has 1 unspecified atom stereocenters. The molecule has 3 aromatic rings. The number of nitrogens with one attached hydrogen (secondary N) is 1. The molecule has 1 heterocycles. The molecule has 1 saturated carbocycles. The molecule has 0 saturated heterocycles. The van der Waals surface area contributed by atoms with Gasteiger partial charge in [-0.3, -0.25) is 4.79 Å². The van der Waals surface area contributed by atoms with Gasteiger partial charge in [-0.2, -0.15) is 0 Å². The summed E-state index contributed by atoms with van der Waals surface area (Å²) in [7, 11) is -2.63. The highest BCUT2D eigenvalue weighted by atomic mass is 32.2. The van der Waals surface area contributed by atoms with Crippen LogP contribution in [0.5, 0.6) is 0 Å². The summed E-state index contributed by atoms with van der Waals surface area (Å²) < 4.78 is 20.8. The fourth-order valence-electron chi connectivity index (χ4n) is 3.29.